The molecule has 3 nitrogen and oxygen atoms in total. The lowest BCUT2D eigenvalue weighted by molar-refractivity contribution is 0.0691. The van der Waals surface area contributed by atoms with E-state index in [2.05, 4.69) is 11.1 Å². The summed E-state index contributed by atoms with van der Waals surface area (Å²) in [6, 6.07) is 1.80. The van der Waals surface area contributed by atoms with Crippen LogP contribution in [0.4, 0.5) is 0 Å². The van der Waals surface area contributed by atoms with Crippen LogP contribution in [0, 0.1) is 13.8 Å². The third kappa shape index (κ3) is 3.89. The van der Waals surface area contributed by atoms with Crippen molar-refractivity contribution in [2.24, 2.45) is 0 Å². The molecule has 0 bridgehead atoms. The number of carbonyl (C=O) groups is 1. The standard InChI is InChI=1S/C13H17NO2S/c1-8(2)5-6-17-12-11(13(15)16)9(3)7-10(4)14-12/h5,7H,6H2,1-4H3,(H,15,16). The van der Waals surface area contributed by atoms with Gasteiger partial charge in [0.05, 0.1) is 5.56 Å². The zero-order chi connectivity index (χ0) is 13.0. The number of nitrogens with zero attached hydrogens (tertiary/aromatic N) is 1. The number of aryl methyl sites for hydroxylation is 2. The lowest BCUT2D eigenvalue weighted by atomic mass is 10.1. The van der Waals surface area contributed by atoms with Gasteiger partial charge in [0.2, 0.25) is 0 Å². The molecule has 0 radical (unpaired) electrons. The Morgan fingerprint density at radius 2 is 2.12 bits per heavy atom. The molecule has 1 N–H and O–H groups in total. The maximum absolute atomic E-state index is 11.2. The molecule has 17 heavy (non-hydrogen) atoms. The first-order chi connectivity index (χ1) is 7.91. The van der Waals surface area contributed by atoms with Crippen LogP contribution in [-0.2, 0) is 0 Å². The van der Waals surface area contributed by atoms with E-state index in [-0.39, 0.29) is 0 Å². The highest BCUT2D eigenvalue weighted by Gasteiger charge is 2.15. The number of hydrogen-bond acceptors (Lipinski definition) is 3. The van der Waals surface area contributed by atoms with Crippen molar-refractivity contribution in [3.8, 4) is 0 Å². The number of pyridine rings is 1. The summed E-state index contributed by atoms with van der Waals surface area (Å²) in [5.74, 6) is -0.159. The first kappa shape index (κ1) is 13.8. The van der Waals surface area contributed by atoms with Gasteiger partial charge in [0, 0.05) is 11.4 Å². The molecule has 0 fully saturated rings. The lowest BCUT2D eigenvalue weighted by Gasteiger charge is -2.08. The Labute approximate surface area is 106 Å². The predicted molar refractivity (Wildman–Crippen MR) is 70.8 cm³/mol. The average molecular weight is 251 g/mol. The third-order valence-corrected chi connectivity index (χ3v) is 3.14. The fourth-order valence-corrected chi connectivity index (χ4v) is 2.63. The van der Waals surface area contributed by atoms with E-state index in [4.69, 9.17) is 0 Å². The summed E-state index contributed by atoms with van der Waals surface area (Å²) in [5.41, 5.74) is 3.17. The molecular weight excluding hydrogens is 234 g/mol. The smallest absolute Gasteiger partial charge is 0.338 e. The Balaban J connectivity index is 3.04. The summed E-state index contributed by atoms with van der Waals surface area (Å²) in [6.45, 7) is 7.73. The van der Waals surface area contributed by atoms with Crippen molar-refractivity contribution in [3.63, 3.8) is 0 Å². The van der Waals surface area contributed by atoms with E-state index < -0.39 is 5.97 Å². The van der Waals surface area contributed by atoms with Gasteiger partial charge in [0.15, 0.2) is 0 Å². The van der Waals surface area contributed by atoms with Crippen LogP contribution in [0.5, 0.6) is 0 Å². The average Bonchev–Trinajstić information content (AvgIpc) is 2.14. The van der Waals surface area contributed by atoms with Crippen molar-refractivity contribution in [3.05, 3.63) is 34.5 Å². The van der Waals surface area contributed by atoms with Gasteiger partial charge in [-0.15, -0.1) is 11.8 Å². The zero-order valence-corrected chi connectivity index (χ0v) is 11.4. The molecule has 0 amide bonds. The van der Waals surface area contributed by atoms with Gasteiger partial charge in [-0.2, -0.15) is 0 Å². The van der Waals surface area contributed by atoms with Crippen LogP contribution in [0.15, 0.2) is 22.7 Å². The molecule has 92 valence electrons. The van der Waals surface area contributed by atoms with Gasteiger partial charge in [-0.3, -0.25) is 0 Å². The lowest BCUT2D eigenvalue weighted by Crippen LogP contribution is -2.05. The van der Waals surface area contributed by atoms with Crippen molar-refractivity contribution >= 4 is 17.7 Å². The van der Waals surface area contributed by atoms with Crippen LogP contribution in [0.3, 0.4) is 0 Å². The van der Waals surface area contributed by atoms with E-state index in [0.29, 0.717) is 10.6 Å². The quantitative estimate of drug-likeness (QED) is 0.657. The van der Waals surface area contributed by atoms with Gasteiger partial charge in [-0.1, -0.05) is 11.6 Å². The van der Waals surface area contributed by atoms with Gasteiger partial charge in [-0.25, -0.2) is 9.78 Å². The maximum atomic E-state index is 11.2. The Hall–Kier alpha value is -1.29. The Bertz CT molecular complexity index is 463. The maximum Gasteiger partial charge on any atom is 0.338 e. The summed E-state index contributed by atoms with van der Waals surface area (Å²) in [7, 11) is 0. The molecule has 0 unspecified atom stereocenters. The number of carboxylic acid groups (broad SMARTS) is 1. The van der Waals surface area contributed by atoms with Crippen molar-refractivity contribution < 1.29 is 9.90 Å². The van der Waals surface area contributed by atoms with Gasteiger partial charge < -0.3 is 5.11 Å². The number of allylic oxidation sites excluding steroid dienone is 1. The Morgan fingerprint density at radius 1 is 1.47 bits per heavy atom. The van der Waals surface area contributed by atoms with Crippen molar-refractivity contribution in [1.29, 1.82) is 0 Å². The number of hydrogen-bond donors (Lipinski definition) is 1. The molecule has 1 aromatic heterocycles. The molecule has 0 saturated carbocycles. The van der Waals surface area contributed by atoms with Crippen LogP contribution < -0.4 is 0 Å². The third-order valence-electron chi connectivity index (χ3n) is 2.24. The summed E-state index contributed by atoms with van der Waals surface area (Å²) in [4.78, 5) is 15.5. The van der Waals surface area contributed by atoms with Crippen molar-refractivity contribution in [2.45, 2.75) is 32.7 Å². The Kier molecular flexibility index (Phi) is 4.75. The molecule has 0 aliphatic carbocycles. The van der Waals surface area contributed by atoms with Crippen LogP contribution in [0.1, 0.15) is 35.5 Å². The molecule has 1 rings (SSSR count). The van der Waals surface area contributed by atoms with Crippen LogP contribution >= 0.6 is 11.8 Å². The van der Waals surface area contributed by atoms with E-state index in [0.717, 1.165) is 17.0 Å². The van der Waals surface area contributed by atoms with E-state index in [1.807, 2.05) is 27.7 Å². The van der Waals surface area contributed by atoms with E-state index >= 15 is 0 Å². The summed E-state index contributed by atoms with van der Waals surface area (Å²) < 4.78 is 0. The SMILES string of the molecule is CC(C)=CCSc1nc(C)cc(C)c1C(=O)O. The number of aromatic carboxylic acids is 1. The van der Waals surface area contributed by atoms with Crippen LogP contribution in [-0.4, -0.2) is 21.8 Å². The van der Waals surface area contributed by atoms with Gasteiger partial charge >= 0.3 is 5.97 Å². The highest BCUT2D eigenvalue weighted by atomic mass is 32.2. The van der Waals surface area contributed by atoms with Crippen molar-refractivity contribution in [2.75, 3.05) is 5.75 Å². The molecule has 4 heteroatoms. The molecule has 0 atom stereocenters. The number of carboxylic acids is 1. The molecule has 0 spiro atoms. The van der Waals surface area contributed by atoms with E-state index in [1.54, 1.807) is 6.07 Å². The van der Waals surface area contributed by atoms with Crippen LogP contribution in [0.25, 0.3) is 0 Å². The summed E-state index contributed by atoms with van der Waals surface area (Å²) in [5, 5.41) is 9.78. The largest absolute Gasteiger partial charge is 0.478 e. The van der Waals surface area contributed by atoms with E-state index in [9.17, 15) is 9.90 Å². The second kappa shape index (κ2) is 5.87. The number of aromatic nitrogens is 1. The molecule has 0 aliphatic rings. The minimum Gasteiger partial charge on any atom is -0.478 e. The zero-order valence-electron chi connectivity index (χ0n) is 10.6. The van der Waals surface area contributed by atoms with Gasteiger partial charge in [0.25, 0.3) is 0 Å². The topological polar surface area (TPSA) is 50.2 Å². The van der Waals surface area contributed by atoms with E-state index in [1.165, 1.54) is 17.3 Å². The first-order valence-corrected chi connectivity index (χ1v) is 6.38. The fraction of sp³-hybridized carbons (Fsp3) is 0.385. The molecule has 1 aromatic rings. The predicted octanol–water partition coefficient (Wildman–Crippen LogP) is 3.45. The van der Waals surface area contributed by atoms with Gasteiger partial charge in [0.1, 0.15) is 5.03 Å². The molecular formula is C13H17NO2S. The highest BCUT2D eigenvalue weighted by Crippen LogP contribution is 2.24. The molecule has 0 aromatic carbocycles. The number of rotatable bonds is 4. The minimum absolute atomic E-state index is 0.322. The monoisotopic (exact) mass is 251 g/mol. The second-order valence-corrected chi connectivity index (χ2v) is 5.17. The highest BCUT2D eigenvalue weighted by molar-refractivity contribution is 7.99. The summed E-state index contributed by atoms with van der Waals surface area (Å²) >= 11 is 1.46. The number of thioether (sulfide) groups is 1. The second-order valence-electron chi connectivity index (χ2n) is 4.16. The normalized spacial score (nSPS) is 10.1. The fourth-order valence-electron chi connectivity index (χ4n) is 1.45. The first-order valence-electron chi connectivity index (χ1n) is 5.39. The summed E-state index contributed by atoms with van der Waals surface area (Å²) in [6.07, 6.45) is 2.07. The molecule has 1 heterocycles. The van der Waals surface area contributed by atoms with Crippen molar-refractivity contribution in [1.82, 2.24) is 4.98 Å². The van der Waals surface area contributed by atoms with Gasteiger partial charge in [-0.05, 0) is 39.3 Å². The van der Waals surface area contributed by atoms with Crippen LogP contribution in [0.2, 0.25) is 0 Å². The molecule has 0 aliphatic heterocycles. The minimum atomic E-state index is -0.908. The Morgan fingerprint density at radius 3 is 2.65 bits per heavy atom. The molecule has 0 saturated heterocycles.